The smallest absolute Gasteiger partial charge is 0.255 e. The number of anilines is 1. The molecule has 0 saturated heterocycles. The number of benzene rings is 1. The van der Waals surface area contributed by atoms with E-state index in [0.29, 0.717) is 24.4 Å². The number of rotatable bonds is 5. The van der Waals surface area contributed by atoms with E-state index in [9.17, 15) is 9.59 Å². The second kappa shape index (κ2) is 6.47. The molecule has 1 aliphatic rings. The van der Waals surface area contributed by atoms with Crippen LogP contribution in [0.25, 0.3) is 0 Å². The molecule has 0 saturated carbocycles. The Kier molecular flexibility index (Phi) is 4.38. The summed E-state index contributed by atoms with van der Waals surface area (Å²) in [6.07, 6.45) is 1.25. The van der Waals surface area contributed by atoms with Crippen molar-refractivity contribution < 1.29 is 14.1 Å². The lowest BCUT2D eigenvalue weighted by Gasteiger charge is -2.25. The summed E-state index contributed by atoms with van der Waals surface area (Å²) in [6, 6.07) is 6.93. The maximum atomic E-state index is 12.7. The highest BCUT2D eigenvalue weighted by Gasteiger charge is 2.35. The zero-order valence-corrected chi connectivity index (χ0v) is 14.1. The Morgan fingerprint density at radius 1 is 1.38 bits per heavy atom. The van der Waals surface area contributed by atoms with Gasteiger partial charge in [0.15, 0.2) is 0 Å². The molecular weight excluding hydrogens is 306 g/mol. The zero-order chi connectivity index (χ0) is 17.3. The number of nitrogens with zero attached hydrogens (tertiary/aromatic N) is 2. The van der Waals surface area contributed by atoms with Crippen molar-refractivity contribution in [2.75, 3.05) is 5.32 Å². The predicted octanol–water partition coefficient (Wildman–Crippen LogP) is 2.92. The molecule has 0 radical (unpaired) electrons. The second-order valence-electron chi connectivity index (χ2n) is 5.93. The number of carbonyl (C=O) groups is 2. The van der Waals surface area contributed by atoms with Crippen LogP contribution < -0.4 is 5.32 Å². The van der Waals surface area contributed by atoms with Crippen LogP contribution in [-0.2, 0) is 17.8 Å². The van der Waals surface area contributed by atoms with Gasteiger partial charge >= 0.3 is 0 Å². The van der Waals surface area contributed by atoms with Gasteiger partial charge in [0, 0.05) is 17.7 Å². The molecule has 0 spiro atoms. The van der Waals surface area contributed by atoms with Crippen LogP contribution in [0.5, 0.6) is 0 Å². The first-order valence-corrected chi connectivity index (χ1v) is 8.21. The molecule has 1 N–H and O–H groups in total. The van der Waals surface area contributed by atoms with Crippen molar-refractivity contribution in [3.8, 4) is 0 Å². The van der Waals surface area contributed by atoms with Gasteiger partial charge in [-0.15, -0.1) is 0 Å². The number of aromatic nitrogens is 1. The van der Waals surface area contributed by atoms with Crippen LogP contribution in [0.15, 0.2) is 28.8 Å². The highest BCUT2D eigenvalue weighted by molar-refractivity contribution is 6.03. The van der Waals surface area contributed by atoms with Gasteiger partial charge in [0.05, 0.1) is 5.69 Å². The van der Waals surface area contributed by atoms with Gasteiger partial charge in [-0.25, -0.2) is 0 Å². The largest absolute Gasteiger partial charge is 0.338 e. The summed E-state index contributed by atoms with van der Waals surface area (Å²) in [5.74, 6) is 0.0316. The Hall–Kier alpha value is -2.63. The Balaban J connectivity index is 1.80. The van der Waals surface area contributed by atoms with Crippen molar-refractivity contribution in [3.05, 3.63) is 46.6 Å². The Bertz CT molecular complexity index is 782. The SMILES string of the molecule is CCc1c(C)noc1NC(=O)C(CC)N1Cc2ccccc2C1=O. The highest BCUT2D eigenvalue weighted by Crippen LogP contribution is 2.27. The van der Waals surface area contributed by atoms with Crippen LogP contribution in [0.2, 0.25) is 0 Å². The summed E-state index contributed by atoms with van der Waals surface area (Å²) in [5.41, 5.74) is 3.28. The van der Waals surface area contributed by atoms with E-state index in [0.717, 1.165) is 23.2 Å². The molecule has 0 fully saturated rings. The molecule has 0 aliphatic carbocycles. The molecule has 1 aromatic carbocycles. The van der Waals surface area contributed by atoms with Gasteiger partial charge in [0.1, 0.15) is 6.04 Å². The first-order chi connectivity index (χ1) is 11.6. The summed E-state index contributed by atoms with van der Waals surface area (Å²) in [4.78, 5) is 26.9. The quantitative estimate of drug-likeness (QED) is 0.916. The number of aryl methyl sites for hydroxylation is 1. The molecule has 1 aromatic heterocycles. The molecule has 1 unspecified atom stereocenters. The van der Waals surface area contributed by atoms with Gasteiger partial charge in [-0.3, -0.25) is 14.9 Å². The summed E-state index contributed by atoms with van der Waals surface area (Å²) in [5, 5.41) is 6.70. The van der Waals surface area contributed by atoms with E-state index in [2.05, 4.69) is 10.5 Å². The summed E-state index contributed by atoms with van der Waals surface area (Å²) >= 11 is 0. The molecule has 2 heterocycles. The van der Waals surface area contributed by atoms with Gasteiger partial charge in [-0.05, 0) is 31.4 Å². The molecule has 6 nitrogen and oxygen atoms in total. The first kappa shape index (κ1) is 16.2. The normalized spacial score (nSPS) is 14.6. The molecule has 24 heavy (non-hydrogen) atoms. The van der Waals surface area contributed by atoms with Crippen molar-refractivity contribution in [2.45, 2.75) is 46.2 Å². The summed E-state index contributed by atoms with van der Waals surface area (Å²) < 4.78 is 5.22. The van der Waals surface area contributed by atoms with E-state index in [4.69, 9.17) is 4.52 Å². The monoisotopic (exact) mass is 327 g/mol. The number of carbonyl (C=O) groups excluding carboxylic acids is 2. The Morgan fingerprint density at radius 3 is 2.79 bits per heavy atom. The fourth-order valence-electron chi connectivity index (χ4n) is 3.17. The Labute approximate surface area is 140 Å². The third kappa shape index (κ3) is 2.68. The van der Waals surface area contributed by atoms with Crippen molar-refractivity contribution in [1.29, 1.82) is 0 Å². The lowest BCUT2D eigenvalue weighted by atomic mass is 10.1. The zero-order valence-electron chi connectivity index (χ0n) is 14.1. The Morgan fingerprint density at radius 2 is 2.12 bits per heavy atom. The van der Waals surface area contributed by atoms with Crippen LogP contribution in [0.1, 0.15) is 47.4 Å². The summed E-state index contributed by atoms with van der Waals surface area (Å²) in [7, 11) is 0. The number of fused-ring (bicyclic) bond motifs is 1. The van der Waals surface area contributed by atoms with Gasteiger partial charge in [0.2, 0.25) is 11.8 Å². The van der Waals surface area contributed by atoms with Crippen molar-refractivity contribution in [1.82, 2.24) is 10.1 Å². The lowest BCUT2D eigenvalue weighted by Crippen LogP contribution is -2.43. The minimum absolute atomic E-state index is 0.0999. The molecule has 2 aromatic rings. The van der Waals surface area contributed by atoms with Crippen LogP contribution in [-0.4, -0.2) is 27.9 Å². The molecule has 0 bridgehead atoms. The molecule has 6 heteroatoms. The minimum atomic E-state index is -0.542. The molecule has 126 valence electrons. The lowest BCUT2D eigenvalue weighted by molar-refractivity contribution is -0.120. The van der Waals surface area contributed by atoms with Gasteiger partial charge in [0.25, 0.3) is 5.91 Å². The third-order valence-corrected chi connectivity index (χ3v) is 4.49. The van der Waals surface area contributed by atoms with Gasteiger partial charge in [-0.1, -0.05) is 37.2 Å². The topological polar surface area (TPSA) is 75.4 Å². The number of hydrogen-bond donors (Lipinski definition) is 1. The van der Waals surface area contributed by atoms with E-state index < -0.39 is 6.04 Å². The molecular formula is C18H21N3O3. The number of hydrogen-bond acceptors (Lipinski definition) is 4. The van der Waals surface area contributed by atoms with Crippen molar-refractivity contribution in [2.24, 2.45) is 0 Å². The van der Waals surface area contributed by atoms with Crippen molar-refractivity contribution >= 4 is 17.7 Å². The van der Waals surface area contributed by atoms with E-state index >= 15 is 0 Å². The molecule has 2 amide bonds. The average molecular weight is 327 g/mol. The second-order valence-corrected chi connectivity index (χ2v) is 5.93. The van der Waals surface area contributed by atoms with Crippen molar-refractivity contribution in [3.63, 3.8) is 0 Å². The predicted molar refractivity (Wildman–Crippen MR) is 89.6 cm³/mol. The number of amides is 2. The maximum absolute atomic E-state index is 12.7. The molecule has 1 atom stereocenters. The fourth-order valence-corrected chi connectivity index (χ4v) is 3.17. The minimum Gasteiger partial charge on any atom is -0.338 e. The van der Waals surface area contributed by atoms with E-state index in [1.54, 1.807) is 11.0 Å². The van der Waals surface area contributed by atoms with E-state index in [-0.39, 0.29) is 11.8 Å². The number of nitrogens with one attached hydrogen (secondary N) is 1. The van der Waals surface area contributed by atoms with Crippen LogP contribution in [0, 0.1) is 6.92 Å². The summed E-state index contributed by atoms with van der Waals surface area (Å²) in [6.45, 7) is 6.17. The van der Waals surface area contributed by atoms with E-state index in [1.807, 2.05) is 39.0 Å². The molecule has 3 rings (SSSR count). The van der Waals surface area contributed by atoms with Crippen LogP contribution in [0.3, 0.4) is 0 Å². The first-order valence-electron chi connectivity index (χ1n) is 8.21. The van der Waals surface area contributed by atoms with Crippen LogP contribution >= 0.6 is 0 Å². The van der Waals surface area contributed by atoms with Crippen LogP contribution in [0.4, 0.5) is 5.88 Å². The highest BCUT2D eigenvalue weighted by atomic mass is 16.5. The maximum Gasteiger partial charge on any atom is 0.255 e. The fraction of sp³-hybridized carbons (Fsp3) is 0.389. The standard InChI is InChI=1S/C18H21N3O3/c1-4-13-11(3)20-24-17(13)19-16(22)15(5-2)21-10-12-8-6-7-9-14(12)18(21)23/h6-9,15H,4-5,10H2,1-3H3,(H,19,22). The van der Waals surface area contributed by atoms with E-state index in [1.165, 1.54) is 0 Å². The van der Waals surface area contributed by atoms with Gasteiger partial charge in [-0.2, -0.15) is 0 Å². The average Bonchev–Trinajstić information content (AvgIpc) is 3.09. The van der Waals surface area contributed by atoms with Gasteiger partial charge < -0.3 is 9.42 Å². The molecule has 1 aliphatic heterocycles. The third-order valence-electron chi connectivity index (χ3n) is 4.49.